The molecule has 5 nitrogen and oxygen atoms in total. The number of carbonyl (C=O) groups excluding carboxylic acids is 2. The minimum Gasteiger partial charge on any atom is -0.359 e. The van der Waals surface area contributed by atoms with Gasteiger partial charge in [-0.05, 0) is 24.5 Å². The van der Waals surface area contributed by atoms with Crippen LogP contribution in [-0.2, 0) is 23.1 Å². The molecule has 0 saturated carbocycles. The Bertz CT molecular complexity index is 661. The van der Waals surface area contributed by atoms with Gasteiger partial charge in [-0.1, -0.05) is 19.1 Å². The average Bonchev–Trinajstić information content (AvgIpc) is 2.83. The molecule has 1 N–H and O–H groups in total. The second-order valence-corrected chi connectivity index (χ2v) is 5.12. The van der Waals surface area contributed by atoms with Gasteiger partial charge < -0.3 is 10.1 Å². The highest BCUT2D eigenvalue weighted by Gasteiger charge is 2.24. The van der Waals surface area contributed by atoms with E-state index in [-0.39, 0.29) is 5.91 Å². The van der Waals surface area contributed by atoms with E-state index in [9.17, 15) is 9.59 Å². The molecule has 0 aliphatic rings. The average molecular weight is 287 g/mol. The normalized spacial score (nSPS) is 12.3. The van der Waals surface area contributed by atoms with Gasteiger partial charge in [0.25, 0.3) is 0 Å². The Morgan fingerprint density at radius 2 is 2.24 bits per heavy atom. The third kappa shape index (κ3) is 2.96. The third-order valence-electron chi connectivity index (χ3n) is 3.82. The van der Waals surface area contributed by atoms with Crippen LogP contribution in [0.2, 0.25) is 0 Å². The van der Waals surface area contributed by atoms with Crippen molar-refractivity contribution in [3.63, 3.8) is 0 Å². The lowest BCUT2D eigenvalue weighted by Crippen LogP contribution is -2.26. The second kappa shape index (κ2) is 6.52. The van der Waals surface area contributed by atoms with Gasteiger partial charge in [0.1, 0.15) is 6.29 Å². The van der Waals surface area contributed by atoms with Gasteiger partial charge in [-0.3, -0.25) is 9.48 Å². The van der Waals surface area contributed by atoms with E-state index in [1.807, 2.05) is 13.1 Å². The summed E-state index contributed by atoms with van der Waals surface area (Å²) in [5.74, 6) is -0.493. The minimum atomic E-state index is -0.392. The number of fused-ring (bicyclic) bond motifs is 1. The van der Waals surface area contributed by atoms with Crippen LogP contribution in [0.5, 0.6) is 0 Å². The maximum atomic E-state index is 12.1. The first-order chi connectivity index (χ1) is 10.1. The van der Waals surface area contributed by atoms with Crippen LogP contribution in [0.15, 0.2) is 18.2 Å². The zero-order valence-corrected chi connectivity index (χ0v) is 12.7. The molecule has 0 saturated heterocycles. The molecule has 1 atom stereocenters. The molecule has 5 heteroatoms. The molecule has 1 heterocycles. The fourth-order valence-electron chi connectivity index (χ4n) is 2.61. The maximum Gasteiger partial charge on any atom is 0.228 e. The van der Waals surface area contributed by atoms with E-state index in [4.69, 9.17) is 0 Å². The predicted molar refractivity (Wildman–Crippen MR) is 82.2 cm³/mol. The van der Waals surface area contributed by atoms with E-state index in [0.29, 0.717) is 12.8 Å². The van der Waals surface area contributed by atoms with Gasteiger partial charge in [0, 0.05) is 25.9 Å². The fourth-order valence-corrected chi connectivity index (χ4v) is 2.61. The number of nitrogens with zero attached hydrogens (tertiary/aromatic N) is 2. The van der Waals surface area contributed by atoms with Crippen LogP contribution in [0.4, 0.5) is 0 Å². The number of benzene rings is 1. The highest BCUT2D eigenvalue weighted by atomic mass is 16.1. The quantitative estimate of drug-likeness (QED) is 0.826. The number of aldehydes is 1. The van der Waals surface area contributed by atoms with Crippen LogP contribution >= 0.6 is 0 Å². The van der Waals surface area contributed by atoms with Crippen molar-refractivity contribution in [2.75, 3.05) is 7.05 Å². The summed E-state index contributed by atoms with van der Waals surface area (Å²) < 4.78 is 1.81. The zero-order valence-electron chi connectivity index (χ0n) is 12.7. The van der Waals surface area contributed by atoms with Crippen molar-refractivity contribution in [3.05, 3.63) is 29.5 Å². The SMILES string of the molecule is CCc1ccc2c(C(CCC=O)C(=O)NC)nn(C)c2c1. The molecule has 1 unspecified atom stereocenters. The molecule has 112 valence electrons. The van der Waals surface area contributed by atoms with Crippen molar-refractivity contribution in [2.24, 2.45) is 7.05 Å². The summed E-state index contributed by atoms with van der Waals surface area (Å²) >= 11 is 0. The Hall–Kier alpha value is -2.17. The summed E-state index contributed by atoms with van der Waals surface area (Å²) in [5, 5.41) is 8.17. The van der Waals surface area contributed by atoms with Crippen molar-refractivity contribution in [3.8, 4) is 0 Å². The van der Waals surface area contributed by atoms with Crippen molar-refractivity contribution in [1.29, 1.82) is 0 Å². The molecule has 2 aromatic rings. The molecule has 21 heavy (non-hydrogen) atoms. The van der Waals surface area contributed by atoms with Gasteiger partial charge >= 0.3 is 0 Å². The molecule has 0 radical (unpaired) electrons. The molecule has 0 fully saturated rings. The lowest BCUT2D eigenvalue weighted by atomic mass is 9.95. The number of aromatic nitrogens is 2. The van der Waals surface area contributed by atoms with E-state index in [2.05, 4.69) is 29.5 Å². The van der Waals surface area contributed by atoms with Gasteiger partial charge in [-0.15, -0.1) is 0 Å². The molecular weight excluding hydrogens is 266 g/mol. The van der Waals surface area contributed by atoms with Crippen molar-refractivity contribution >= 4 is 23.1 Å². The monoisotopic (exact) mass is 287 g/mol. The van der Waals surface area contributed by atoms with Crippen molar-refractivity contribution in [2.45, 2.75) is 32.1 Å². The number of rotatable bonds is 6. The topological polar surface area (TPSA) is 64.0 Å². The number of nitrogens with one attached hydrogen (secondary N) is 1. The Labute approximate surface area is 124 Å². The van der Waals surface area contributed by atoms with E-state index >= 15 is 0 Å². The molecule has 1 amide bonds. The van der Waals surface area contributed by atoms with Gasteiger partial charge in [0.2, 0.25) is 5.91 Å². The molecule has 0 aliphatic carbocycles. The summed E-state index contributed by atoms with van der Waals surface area (Å²) in [5.41, 5.74) is 3.00. The Kier molecular flexibility index (Phi) is 4.73. The summed E-state index contributed by atoms with van der Waals surface area (Å²) in [7, 11) is 3.49. The summed E-state index contributed by atoms with van der Waals surface area (Å²) in [6.07, 6.45) is 2.63. The first kappa shape index (κ1) is 15.2. The summed E-state index contributed by atoms with van der Waals surface area (Å²) in [6, 6.07) is 6.19. The lowest BCUT2D eigenvalue weighted by molar-refractivity contribution is -0.122. The number of aryl methyl sites for hydroxylation is 2. The smallest absolute Gasteiger partial charge is 0.228 e. The largest absolute Gasteiger partial charge is 0.359 e. The van der Waals surface area contributed by atoms with Gasteiger partial charge in [0.05, 0.1) is 17.1 Å². The second-order valence-electron chi connectivity index (χ2n) is 5.12. The number of carbonyl (C=O) groups is 2. The molecule has 1 aromatic heterocycles. The van der Waals surface area contributed by atoms with Crippen LogP contribution in [0.25, 0.3) is 10.9 Å². The zero-order chi connectivity index (χ0) is 15.4. The van der Waals surface area contributed by atoms with Crippen LogP contribution in [0.3, 0.4) is 0 Å². The number of hydrogen-bond donors (Lipinski definition) is 1. The maximum absolute atomic E-state index is 12.1. The lowest BCUT2D eigenvalue weighted by Gasteiger charge is -2.12. The molecular formula is C16H21N3O2. The van der Waals surface area contributed by atoms with Gasteiger partial charge in [0.15, 0.2) is 0 Å². The van der Waals surface area contributed by atoms with Gasteiger partial charge in [-0.25, -0.2) is 0 Å². The van der Waals surface area contributed by atoms with Crippen LogP contribution in [-0.4, -0.2) is 29.0 Å². The number of likely N-dealkylation sites (N-methyl/N-ethyl adjacent to an activating group) is 1. The van der Waals surface area contributed by atoms with E-state index in [1.54, 1.807) is 11.7 Å². The van der Waals surface area contributed by atoms with E-state index < -0.39 is 5.92 Å². The van der Waals surface area contributed by atoms with E-state index in [1.165, 1.54) is 5.56 Å². The third-order valence-corrected chi connectivity index (χ3v) is 3.82. The Balaban J connectivity index is 2.52. The standard InChI is InChI=1S/C16H21N3O2/c1-4-11-7-8-12-14(10-11)19(3)18-15(12)13(6-5-9-20)16(21)17-2/h7-10,13H,4-6H2,1-3H3,(H,17,21). The minimum absolute atomic E-state index is 0.101. The molecule has 0 aliphatic heterocycles. The highest BCUT2D eigenvalue weighted by Crippen LogP contribution is 2.28. The van der Waals surface area contributed by atoms with Crippen molar-refractivity contribution < 1.29 is 9.59 Å². The predicted octanol–water partition coefficient (Wildman–Crippen LogP) is 1.94. The Morgan fingerprint density at radius 1 is 1.48 bits per heavy atom. The van der Waals surface area contributed by atoms with Crippen LogP contribution < -0.4 is 5.32 Å². The first-order valence-electron chi connectivity index (χ1n) is 7.23. The first-order valence-corrected chi connectivity index (χ1v) is 7.23. The van der Waals surface area contributed by atoms with Gasteiger partial charge in [-0.2, -0.15) is 5.10 Å². The summed E-state index contributed by atoms with van der Waals surface area (Å²) in [4.78, 5) is 22.8. The molecule has 1 aromatic carbocycles. The molecule has 0 spiro atoms. The number of hydrogen-bond acceptors (Lipinski definition) is 3. The van der Waals surface area contributed by atoms with Crippen LogP contribution in [0.1, 0.15) is 36.9 Å². The van der Waals surface area contributed by atoms with Crippen LogP contribution in [0, 0.1) is 0 Å². The number of amides is 1. The fraction of sp³-hybridized carbons (Fsp3) is 0.438. The summed E-state index contributed by atoms with van der Waals surface area (Å²) in [6.45, 7) is 2.11. The van der Waals surface area contributed by atoms with E-state index in [0.717, 1.165) is 29.3 Å². The van der Waals surface area contributed by atoms with Crippen molar-refractivity contribution in [1.82, 2.24) is 15.1 Å². The Morgan fingerprint density at radius 3 is 2.86 bits per heavy atom. The molecule has 2 rings (SSSR count). The highest BCUT2D eigenvalue weighted by molar-refractivity contribution is 5.91. The molecule has 0 bridgehead atoms.